The predicted octanol–water partition coefficient (Wildman–Crippen LogP) is 4.10. The molecule has 1 unspecified atom stereocenters. The van der Waals surface area contributed by atoms with Crippen LogP contribution in [0.25, 0.3) is 22.2 Å². The van der Waals surface area contributed by atoms with Crippen molar-refractivity contribution in [2.24, 2.45) is 4.99 Å². The van der Waals surface area contributed by atoms with Crippen molar-refractivity contribution in [2.45, 2.75) is 17.7 Å². The highest BCUT2D eigenvalue weighted by Crippen LogP contribution is 2.27. The van der Waals surface area contributed by atoms with Crippen LogP contribution in [0.1, 0.15) is 17.2 Å². The van der Waals surface area contributed by atoms with Crippen LogP contribution in [-0.2, 0) is 14.8 Å². The van der Waals surface area contributed by atoms with E-state index in [-0.39, 0.29) is 16.8 Å². The number of nitrogens with one attached hydrogen (secondary N) is 3. The van der Waals surface area contributed by atoms with Crippen molar-refractivity contribution in [1.82, 2.24) is 19.9 Å². The molecule has 0 bridgehead atoms. The molecular weight excluding hydrogens is 556 g/mol. The van der Waals surface area contributed by atoms with E-state index in [2.05, 4.69) is 30.0 Å². The molecule has 0 spiro atoms. The second-order valence-electron chi connectivity index (χ2n) is 9.68. The quantitative estimate of drug-likeness (QED) is 0.262. The first kappa shape index (κ1) is 28.8. The molecule has 4 aromatic rings. The zero-order valence-electron chi connectivity index (χ0n) is 23.1. The van der Waals surface area contributed by atoms with E-state index in [1.165, 1.54) is 18.5 Å². The van der Waals surface area contributed by atoms with Crippen LogP contribution in [0.4, 0.5) is 16.2 Å². The highest BCUT2D eigenvalue weighted by Gasteiger charge is 2.20. The minimum Gasteiger partial charge on any atom is -0.378 e. The molecule has 216 valence electrons. The maximum atomic E-state index is 13.3. The molecule has 1 aliphatic heterocycles. The summed E-state index contributed by atoms with van der Waals surface area (Å²) in [7, 11) is -2.31. The number of sulfonamides is 1. The topological polar surface area (TPSA) is 163 Å². The molecule has 3 N–H and O–H groups in total. The predicted molar refractivity (Wildman–Crippen MR) is 162 cm³/mol. The summed E-state index contributed by atoms with van der Waals surface area (Å²) in [4.78, 5) is 31.6. The van der Waals surface area contributed by atoms with Gasteiger partial charge in [-0.15, -0.1) is 0 Å². The number of hydrogen-bond acceptors (Lipinski definition) is 9. The fourth-order valence-corrected chi connectivity index (χ4v) is 5.85. The minimum absolute atomic E-state index is 0.0853. The van der Waals surface area contributed by atoms with Gasteiger partial charge in [0.2, 0.25) is 0 Å². The van der Waals surface area contributed by atoms with Crippen LogP contribution >= 0.6 is 0 Å². The second kappa shape index (κ2) is 12.4. The summed E-state index contributed by atoms with van der Waals surface area (Å²) in [5, 5.41) is 10.5. The lowest BCUT2D eigenvalue weighted by molar-refractivity contribution is 0.0564. The summed E-state index contributed by atoms with van der Waals surface area (Å²) < 4.78 is 34.5. The third-order valence-electron chi connectivity index (χ3n) is 6.73. The van der Waals surface area contributed by atoms with Crippen LogP contribution in [-0.4, -0.2) is 80.1 Å². The van der Waals surface area contributed by atoms with E-state index in [1.54, 1.807) is 55.7 Å². The average Bonchev–Trinajstić information content (AvgIpc) is 2.99. The summed E-state index contributed by atoms with van der Waals surface area (Å²) in [6, 6.07) is 11.6. The molecule has 0 saturated carbocycles. The molecule has 12 nitrogen and oxygen atoms in total. The Morgan fingerprint density at radius 1 is 1.05 bits per heavy atom. The van der Waals surface area contributed by atoms with Gasteiger partial charge in [0.25, 0.3) is 10.0 Å². The van der Waals surface area contributed by atoms with E-state index < -0.39 is 10.0 Å². The van der Waals surface area contributed by atoms with Gasteiger partial charge in [0.15, 0.2) is 0 Å². The number of ether oxygens (including phenoxy) is 1. The molecule has 2 aromatic heterocycles. The highest BCUT2D eigenvalue weighted by molar-refractivity contribution is 7.92. The van der Waals surface area contributed by atoms with Gasteiger partial charge in [0, 0.05) is 50.0 Å². The fourth-order valence-electron chi connectivity index (χ4n) is 4.59. The summed E-state index contributed by atoms with van der Waals surface area (Å²) in [5.74, 6) is -0.381. The van der Waals surface area contributed by atoms with Crippen LogP contribution < -0.4 is 10.0 Å². The van der Waals surface area contributed by atoms with Crippen molar-refractivity contribution in [2.75, 3.05) is 43.4 Å². The number of aryl methyl sites for hydroxylation is 1. The zero-order chi connectivity index (χ0) is 29.7. The Hall–Kier alpha value is -4.75. The summed E-state index contributed by atoms with van der Waals surface area (Å²) >= 11 is 0. The molecule has 1 saturated heterocycles. The molecule has 1 atom stereocenters. The molecule has 13 heteroatoms. The summed E-state index contributed by atoms with van der Waals surface area (Å²) in [6.45, 7) is 3.65. The first-order valence-electron chi connectivity index (χ1n) is 13.2. The number of rotatable bonds is 8. The van der Waals surface area contributed by atoms with Crippen molar-refractivity contribution in [3.63, 3.8) is 0 Å². The van der Waals surface area contributed by atoms with Gasteiger partial charge in [-0.3, -0.25) is 19.7 Å². The van der Waals surface area contributed by atoms with Gasteiger partial charge in [-0.05, 0) is 54.4 Å². The van der Waals surface area contributed by atoms with E-state index in [0.717, 1.165) is 5.56 Å². The highest BCUT2D eigenvalue weighted by atomic mass is 32.2. The lowest BCUT2D eigenvalue weighted by atomic mass is 10.1. The number of aliphatic imine (C=N–C) groups is 1. The van der Waals surface area contributed by atoms with Gasteiger partial charge in [0.05, 0.1) is 58.8 Å². The number of morpholine rings is 1. The Bertz CT molecular complexity index is 1770. The smallest absolute Gasteiger partial charge is 0.321 e. The maximum absolute atomic E-state index is 13.3. The number of carbonyl (C=O) groups is 1. The number of fused-ring (bicyclic) bond motifs is 1. The molecule has 1 aliphatic rings. The Labute approximate surface area is 243 Å². The number of aromatic nitrogens is 3. The SMILES string of the molecule is CN=CC(C=N)c1cnc2ccc(-c3cncc(NS(=O)(=O)c4ccc(NC(=O)N5CCOCC5)cc4C)c3)cc2n1. The standard InChI is InChI=1S/C29H30N8O4S/c1-19-11-23(34-29(38)37-7-9-41-10-8-37)4-6-28(19)42(39,40)36-24-12-21(16-32-17-24)20-3-5-25-26(13-20)35-27(18-33-25)22(14-30)15-31-2/h3-6,11-18,22,30,36H,7-10H2,1-2H3,(H,34,38). The summed E-state index contributed by atoms with van der Waals surface area (Å²) in [6.07, 6.45) is 7.58. The lowest BCUT2D eigenvalue weighted by Gasteiger charge is -2.27. The van der Waals surface area contributed by atoms with E-state index >= 15 is 0 Å². The minimum atomic E-state index is -3.95. The molecule has 0 aliphatic carbocycles. The van der Waals surface area contributed by atoms with Crippen LogP contribution in [0.15, 0.2) is 70.9 Å². The Balaban J connectivity index is 1.35. The van der Waals surface area contributed by atoms with Crippen molar-refractivity contribution in [1.29, 1.82) is 5.41 Å². The Morgan fingerprint density at radius 3 is 2.60 bits per heavy atom. The number of carbonyl (C=O) groups excluding carboxylic acids is 1. The number of urea groups is 1. The Morgan fingerprint density at radius 2 is 1.86 bits per heavy atom. The molecular formula is C29H30N8O4S. The Kier molecular flexibility index (Phi) is 8.50. The monoisotopic (exact) mass is 586 g/mol. The van der Waals surface area contributed by atoms with Gasteiger partial charge < -0.3 is 20.4 Å². The van der Waals surface area contributed by atoms with E-state index in [9.17, 15) is 13.2 Å². The second-order valence-corrected chi connectivity index (χ2v) is 11.3. The molecule has 42 heavy (non-hydrogen) atoms. The average molecular weight is 587 g/mol. The first-order chi connectivity index (χ1) is 20.3. The van der Waals surface area contributed by atoms with Crippen molar-refractivity contribution >= 4 is 50.9 Å². The van der Waals surface area contributed by atoms with Crippen LogP contribution in [0.5, 0.6) is 0 Å². The van der Waals surface area contributed by atoms with E-state index in [0.29, 0.717) is 65.5 Å². The third kappa shape index (κ3) is 6.42. The number of pyridine rings is 1. The van der Waals surface area contributed by atoms with Crippen LogP contribution in [0, 0.1) is 12.3 Å². The molecule has 1 fully saturated rings. The molecule has 5 rings (SSSR count). The number of nitrogens with zero attached hydrogens (tertiary/aromatic N) is 5. The number of hydrogen-bond donors (Lipinski definition) is 3. The zero-order valence-corrected chi connectivity index (χ0v) is 23.9. The normalized spacial score (nSPS) is 14.6. The third-order valence-corrected chi connectivity index (χ3v) is 8.27. The van der Waals surface area contributed by atoms with Gasteiger partial charge in [-0.2, -0.15) is 0 Å². The van der Waals surface area contributed by atoms with Crippen molar-refractivity contribution < 1.29 is 17.9 Å². The van der Waals surface area contributed by atoms with Gasteiger partial charge >= 0.3 is 6.03 Å². The number of benzene rings is 2. The van der Waals surface area contributed by atoms with Crippen LogP contribution in [0.2, 0.25) is 0 Å². The maximum Gasteiger partial charge on any atom is 0.321 e. The number of amides is 2. The molecule has 3 heterocycles. The van der Waals surface area contributed by atoms with Gasteiger partial charge in [-0.25, -0.2) is 18.2 Å². The van der Waals surface area contributed by atoms with Crippen molar-refractivity contribution in [3.8, 4) is 11.1 Å². The molecule has 2 amide bonds. The molecule has 0 radical (unpaired) electrons. The van der Waals surface area contributed by atoms with Gasteiger partial charge in [-0.1, -0.05) is 6.07 Å². The largest absolute Gasteiger partial charge is 0.378 e. The first-order valence-corrected chi connectivity index (χ1v) is 14.7. The van der Waals surface area contributed by atoms with Crippen LogP contribution in [0.3, 0.4) is 0 Å². The van der Waals surface area contributed by atoms with Gasteiger partial charge in [0.1, 0.15) is 0 Å². The lowest BCUT2D eigenvalue weighted by Crippen LogP contribution is -2.43. The fraction of sp³-hybridized carbons (Fsp3) is 0.241. The van der Waals surface area contributed by atoms with E-state index in [4.69, 9.17) is 10.1 Å². The molecule has 2 aromatic carbocycles. The van der Waals surface area contributed by atoms with Crippen molar-refractivity contribution in [3.05, 3.63) is 72.3 Å². The van der Waals surface area contributed by atoms with E-state index in [1.807, 2.05) is 18.2 Å². The summed E-state index contributed by atoms with van der Waals surface area (Å²) in [5.41, 5.74) is 4.64. The number of anilines is 2.